The molecule has 1 aliphatic carbocycles. The van der Waals surface area contributed by atoms with E-state index in [1.165, 1.54) is 36.8 Å². The molecule has 1 saturated carbocycles. The van der Waals surface area contributed by atoms with Gasteiger partial charge in [-0.1, -0.05) is 37.6 Å². The highest BCUT2D eigenvalue weighted by Crippen LogP contribution is 2.44. The molecule has 2 heteroatoms. The summed E-state index contributed by atoms with van der Waals surface area (Å²) in [7, 11) is 0. The second-order valence-corrected chi connectivity index (χ2v) is 7.03. The SMILES string of the molecule is CC1(C)CCC(c2ccc(CCCO)cc2Cl)CC1. The van der Waals surface area contributed by atoms with E-state index in [-0.39, 0.29) is 6.61 Å². The molecule has 1 aromatic carbocycles. The van der Waals surface area contributed by atoms with Crippen molar-refractivity contribution < 1.29 is 5.11 Å². The third-order valence-electron chi connectivity index (χ3n) is 4.47. The Balaban J connectivity index is 2.05. The molecule has 0 atom stereocenters. The molecule has 1 fully saturated rings. The minimum atomic E-state index is 0.247. The Labute approximate surface area is 122 Å². The van der Waals surface area contributed by atoms with Gasteiger partial charge in [-0.2, -0.15) is 0 Å². The van der Waals surface area contributed by atoms with Crippen LogP contribution in [0.15, 0.2) is 18.2 Å². The van der Waals surface area contributed by atoms with Crippen LogP contribution in [-0.2, 0) is 6.42 Å². The van der Waals surface area contributed by atoms with Crippen LogP contribution in [0, 0.1) is 5.41 Å². The first-order chi connectivity index (χ1) is 9.02. The summed E-state index contributed by atoms with van der Waals surface area (Å²) < 4.78 is 0. The van der Waals surface area contributed by atoms with Crippen molar-refractivity contribution in [3.8, 4) is 0 Å². The summed E-state index contributed by atoms with van der Waals surface area (Å²) in [4.78, 5) is 0. The van der Waals surface area contributed by atoms with Crippen molar-refractivity contribution in [1.29, 1.82) is 0 Å². The fraction of sp³-hybridized carbons (Fsp3) is 0.647. The summed E-state index contributed by atoms with van der Waals surface area (Å²) in [6.45, 7) is 4.97. The molecule has 19 heavy (non-hydrogen) atoms. The molecule has 1 N–H and O–H groups in total. The van der Waals surface area contributed by atoms with E-state index in [0.717, 1.165) is 17.9 Å². The molecule has 106 valence electrons. The van der Waals surface area contributed by atoms with E-state index in [4.69, 9.17) is 16.7 Å². The zero-order valence-electron chi connectivity index (χ0n) is 12.1. The molecule has 2 rings (SSSR count). The summed E-state index contributed by atoms with van der Waals surface area (Å²) in [6, 6.07) is 6.47. The zero-order valence-corrected chi connectivity index (χ0v) is 12.8. The van der Waals surface area contributed by atoms with Gasteiger partial charge in [-0.15, -0.1) is 0 Å². The molecule has 0 aliphatic heterocycles. The van der Waals surface area contributed by atoms with E-state index in [1.807, 2.05) is 0 Å². The first kappa shape index (κ1) is 14.9. The largest absolute Gasteiger partial charge is 0.396 e. The average molecular weight is 281 g/mol. The van der Waals surface area contributed by atoms with Crippen molar-refractivity contribution >= 4 is 11.6 Å². The molecule has 0 unspecified atom stereocenters. The summed E-state index contributed by atoms with van der Waals surface area (Å²) in [5, 5.41) is 9.79. The molecule has 0 aromatic heterocycles. The predicted molar refractivity (Wildman–Crippen MR) is 81.8 cm³/mol. The predicted octanol–water partition coefficient (Wildman–Crippen LogP) is 4.95. The van der Waals surface area contributed by atoms with Gasteiger partial charge >= 0.3 is 0 Å². The third-order valence-corrected chi connectivity index (χ3v) is 4.79. The van der Waals surface area contributed by atoms with Crippen LogP contribution >= 0.6 is 11.6 Å². The topological polar surface area (TPSA) is 20.2 Å². The van der Waals surface area contributed by atoms with E-state index >= 15 is 0 Å². The van der Waals surface area contributed by atoms with Gasteiger partial charge in [-0.25, -0.2) is 0 Å². The Hall–Kier alpha value is -0.530. The van der Waals surface area contributed by atoms with Gasteiger partial charge < -0.3 is 5.11 Å². The molecule has 1 aliphatic rings. The number of halogens is 1. The van der Waals surface area contributed by atoms with Crippen LogP contribution in [0.25, 0.3) is 0 Å². The van der Waals surface area contributed by atoms with Gasteiger partial charge in [-0.3, -0.25) is 0 Å². The monoisotopic (exact) mass is 280 g/mol. The lowest BCUT2D eigenvalue weighted by Gasteiger charge is -2.34. The van der Waals surface area contributed by atoms with Gasteiger partial charge in [0.25, 0.3) is 0 Å². The molecule has 1 nitrogen and oxygen atoms in total. The molecule has 0 bridgehead atoms. The summed E-state index contributed by atoms with van der Waals surface area (Å²) in [5.41, 5.74) is 3.06. The van der Waals surface area contributed by atoms with Crippen molar-refractivity contribution in [3.05, 3.63) is 34.3 Å². The molecule has 0 spiro atoms. The highest BCUT2D eigenvalue weighted by atomic mass is 35.5. The van der Waals surface area contributed by atoms with Crippen LogP contribution in [0.5, 0.6) is 0 Å². The van der Waals surface area contributed by atoms with E-state index in [9.17, 15) is 0 Å². The molecular weight excluding hydrogens is 256 g/mol. The van der Waals surface area contributed by atoms with Crippen molar-refractivity contribution in [1.82, 2.24) is 0 Å². The maximum Gasteiger partial charge on any atom is 0.0443 e. The molecule has 1 aromatic rings. The van der Waals surface area contributed by atoms with Crippen LogP contribution in [0.2, 0.25) is 5.02 Å². The lowest BCUT2D eigenvalue weighted by atomic mass is 9.71. The van der Waals surface area contributed by atoms with Crippen molar-refractivity contribution in [3.63, 3.8) is 0 Å². The van der Waals surface area contributed by atoms with E-state index < -0.39 is 0 Å². The first-order valence-corrected chi connectivity index (χ1v) is 7.79. The number of aliphatic hydroxyl groups is 1. The van der Waals surface area contributed by atoms with Crippen molar-refractivity contribution in [2.75, 3.05) is 6.61 Å². The Morgan fingerprint density at radius 1 is 1.26 bits per heavy atom. The fourth-order valence-corrected chi connectivity index (χ4v) is 3.41. The Kier molecular flexibility index (Phi) is 4.92. The lowest BCUT2D eigenvalue weighted by molar-refractivity contribution is 0.224. The smallest absolute Gasteiger partial charge is 0.0443 e. The van der Waals surface area contributed by atoms with Gasteiger partial charge in [0.05, 0.1) is 0 Å². The van der Waals surface area contributed by atoms with Gasteiger partial charge in [-0.05, 0) is 67.1 Å². The quantitative estimate of drug-likeness (QED) is 0.827. The Morgan fingerprint density at radius 3 is 2.53 bits per heavy atom. The maximum atomic E-state index is 8.87. The number of benzene rings is 1. The molecule has 0 saturated heterocycles. The van der Waals surface area contributed by atoms with Crippen molar-refractivity contribution in [2.45, 2.75) is 58.3 Å². The maximum absolute atomic E-state index is 8.87. The number of hydrogen-bond acceptors (Lipinski definition) is 1. The van der Waals surface area contributed by atoms with Crippen LogP contribution in [0.1, 0.15) is 63.0 Å². The van der Waals surface area contributed by atoms with E-state index in [1.54, 1.807) is 0 Å². The zero-order chi connectivity index (χ0) is 13.9. The average Bonchev–Trinajstić information content (AvgIpc) is 2.37. The molecular formula is C17H25ClO. The first-order valence-electron chi connectivity index (χ1n) is 7.41. The van der Waals surface area contributed by atoms with Crippen LogP contribution < -0.4 is 0 Å². The normalized spacial score (nSPS) is 19.6. The van der Waals surface area contributed by atoms with Crippen LogP contribution in [0.4, 0.5) is 0 Å². The Morgan fingerprint density at radius 2 is 1.95 bits per heavy atom. The minimum Gasteiger partial charge on any atom is -0.396 e. The van der Waals surface area contributed by atoms with E-state index in [2.05, 4.69) is 32.0 Å². The summed E-state index contributed by atoms with van der Waals surface area (Å²) >= 11 is 6.45. The van der Waals surface area contributed by atoms with Gasteiger partial charge in [0.2, 0.25) is 0 Å². The van der Waals surface area contributed by atoms with Crippen LogP contribution in [-0.4, -0.2) is 11.7 Å². The molecule has 0 amide bonds. The fourth-order valence-electron chi connectivity index (χ4n) is 3.05. The highest BCUT2D eigenvalue weighted by molar-refractivity contribution is 6.31. The second kappa shape index (κ2) is 6.28. The lowest BCUT2D eigenvalue weighted by Crippen LogP contribution is -2.20. The summed E-state index contributed by atoms with van der Waals surface area (Å²) in [5.74, 6) is 0.632. The number of rotatable bonds is 4. The van der Waals surface area contributed by atoms with Gasteiger partial charge in [0.15, 0.2) is 0 Å². The van der Waals surface area contributed by atoms with Crippen molar-refractivity contribution in [2.24, 2.45) is 5.41 Å². The number of aliphatic hydroxyl groups excluding tert-OH is 1. The number of hydrogen-bond donors (Lipinski definition) is 1. The summed E-state index contributed by atoms with van der Waals surface area (Å²) in [6.07, 6.45) is 6.81. The minimum absolute atomic E-state index is 0.247. The number of aryl methyl sites for hydroxylation is 1. The van der Waals surface area contributed by atoms with Gasteiger partial charge in [0.1, 0.15) is 0 Å². The Bertz CT molecular complexity index is 415. The second-order valence-electron chi connectivity index (χ2n) is 6.62. The highest BCUT2D eigenvalue weighted by Gasteiger charge is 2.28. The molecule has 0 heterocycles. The standard InChI is InChI=1S/C17H25ClO/c1-17(2)9-7-14(8-10-17)15-6-5-13(4-3-11-19)12-16(15)18/h5-6,12,14,19H,3-4,7-11H2,1-2H3. The van der Waals surface area contributed by atoms with Crippen LogP contribution in [0.3, 0.4) is 0 Å². The van der Waals surface area contributed by atoms with E-state index in [0.29, 0.717) is 11.3 Å². The van der Waals surface area contributed by atoms with Gasteiger partial charge in [0, 0.05) is 11.6 Å². The molecule has 0 radical (unpaired) electrons. The third kappa shape index (κ3) is 3.97.